The number of carbonyl (C=O) groups is 2. The van der Waals surface area contributed by atoms with E-state index < -0.39 is 11.8 Å². The summed E-state index contributed by atoms with van der Waals surface area (Å²) in [7, 11) is -0.262. The minimum atomic E-state index is -0.563. The van der Waals surface area contributed by atoms with Gasteiger partial charge in [-0.05, 0) is 12.8 Å². The third kappa shape index (κ3) is 6.87. The first kappa shape index (κ1) is 11.5. The van der Waals surface area contributed by atoms with E-state index >= 15 is 0 Å². The second kappa shape index (κ2) is 7.15. The minimum absolute atomic E-state index is 0.262. The summed E-state index contributed by atoms with van der Waals surface area (Å²) in [6, 6.07) is -0.429. The topological polar surface area (TPSA) is 87.7 Å². The fourth-order valence-electron chi connectivity index (χ4n) is 0.418. The highest BCUT2D eigenvalue weighted by atomic mass is 16.8. The standard InChI is InChI=1S/C6H9BN2O4/c1-5(2-3-10)8-13-9-6(12)7-4-11/h4-5,7-8,10H,1H3,(H,9,12). The first-order chi connectivity index (χ1) is 6.20. The largest absolute Gasteiger partial charge is 0.462 e. The third-order valence-corrected chi connectivity index (χ3v) is 0.950. The smallest absolute Gasteiger partial charge is 0.311 e. The summed E-state index contributed by atoms with van der Waals surface area (Å²) < 4.78 is 0. The first-order valence-corrected chi connectivity index (χ1v) is 3.49. The normalized spacial score (nSPS) is 10.5. The van der Waals surface area contributed by atoms with Crippen molar-refractivity contribution in [3.63, 3.8) is 0 Å². The molecule has 0 bridgehead atoms. The lowest BCUT2D eigenvalue weighted by molar-refractivity contribution is -0.0193. The lowest BCUT2D eigenvalue weighted by Crippen LogP contribution is -2.37. The van der Waals surface area contributed by atoms with E-state index in [0.29, 0.717) is 6.19 Å². The molecule has 0 saturated heterocycles. The number of carbonyl (C=O) groups excluding carboxylic acids is 2. The number of hydrogen-bond donors (Lipinski definition) is 3. The molecule has 7 heteroatoms. The first-order valence-electron chi connectivity index (χ1n) is 3.49. The average molecular weight is 184 g/mol. The average Bonchev–Trinajstić information content (AvgIpc) is 2.05. The molecule has 0 radical (unpaired) electrons. The van der Waals surface area contributed by atoms with Crippen LogP contribution in [0.15, 0.2) is 0 Å². The van der Waals surface area contributed by atoms with Gasteiger partial charge in [-0.3, -0.25) is 4.79 Å². The second-order valence-corrected chi connectivity index (χ2v) is 2.09. The van der Waals surface area contributed by atoms with E-state index in [9.17, 15) is 9.59 Å². The third-order valence-electron chi connectivity index (χ3n) is 0.950. The summed E-state index contributed by atoms with van der Waals surface area (Å²) in [6.07, 6.45) is 2.12. The molecule has 13 heavy (non-hydrogen) atoms. The van der Waals surface area contributed by atoms with E-state index in [0.717, 1.165) is 0 Å². The Kier molecular flexibility index (Phi) is 6.32. The Hall–Kier alpha value is -1.52. The number of amides is 1. The summed E-state index contributed by atoms with van der Waals surface area (Å²) in [5.41, 5.74) is 4.23. The monoisotopic (exact) mass is 184 g/mol. The molecule has 3 N–H and O–H groups in total. The number of aliphatic hydroxyl groups is 1. The van der Waals surface area contributed by atoms with Gasteiger partial charge >= 0.3 is 7.28 Å². The molecule has 1 unspecified atom stereocenters. The van der Waals surface area contributed by atoms with Gasteiger partial charge in [-0.15, -0.1) is 0 Å². The molecule has 0 saturated carbocycles. The number of nitrogens with one attached hydrogen (secondary N) is 2. The molecule has 0 aromatic carbocycles. The van der Waals surface area contributed by atoms with Crippen LogP contribution in [-0.4, -0.2) is 30.4 Å². The Balaban J connectivity index is 3.47. The molecule has 0 heterocycles. The maximum atomic E-state index is 10.6. The van der Waals surface area contributed by atoms with Crippen LogP contribution in [0.5, 0.6) is 0 Å². The highest BCUT2D eigenvalue weighted by Gasteiger charge is 2.02. The van der Waals surface area contributed by atoms with Gasteiger partial charge in [0.15, 0.2) is 0 Å². The highest BCUT2D eigenvalue weighted by Crippen LogP contribution is 1.75. The molecular formula is C6H9BN2O4. The Morgan fingerprint density at radius 3 is 3.00 bits per heavy atom. The van der Waals surface area contributed by atoms with Crippen LogP contribution in [0.4, 0.5) is 4.79 Å². The lowest BCUT2D eigenvalue weighted by atomic mass is 9.81. The predicted octanol–water partition coefficient (Wildman–Crippen LogP) is -1.52. The van der Waals surface area contributed by atoms with E-state index in [1.54, 1.807) is 13.0 Å². The summed E-state index contributed by atoms with van der Waals surface area (Å²) in [5.74, 6) is 1.74. The number of hydroxylamine groups is 2. The van der Waals surface area contributed by atoms with Crippen molar-refractivity contribution in [2.45, 2.75) is 13.0 Å². The van der Waals surface area contributed by atoms with Crippen molar-refractivity contribution in [1.29, 1.82) is 0 Å². The molecule has 0 spiro atoms. The number of hydrogen-bond acceptors (Lipinski definition) is 5. The van der Waals surface area contributed by atoms with Gasteiger partial charge in [0.1, 0.15) is 6.11 Å². The van der Waals surface area contributed by atoms with Crippen LogP contribution < -0.4 is 11.0 Å². The van der Waals surface area contributed by atoms with Crippen molar-refractivity contribution in [3.8, 4) is 12.0 Å². The van der Waals surface area contributed by atoms with Crippen molar-refractivity contribution in [3.05, 3.63) is 0 Å². The van der Waals surface area contributed by atoms with E-state index in [1.807, 2.05) is 5.48 Å². The number of rotatable bonds is 5. The van der Waals surface area contributed by atoms with Crippen molar-refractivity contribution >= 4 is 19.3 Å². The van der Waals surface area contributed by atoms with Crippen LogP contribution in [0, 0.1) is 12.0 Å². The lowest BCUT2D eigenvalue weighted by Gasteiger charge is -2.06. The molecule has 0 fully saturated rings. The van der Waals surface area contributed by atoms with Gasteiger partial charge in [-0.1, -0.05) is 0 Å². The molecule has 0 aromatic rings. The number of aliphatic hydroxyl groups excluding tert-OH is 1. The second-order valence-electron chi connectivity index (χ2n) is 2.09. The van der Waals surface area contributed by atoms with E-state index in [1.165, 1.54) is 0 Å². The van der Waals surface area contributed by atoms with Gasteiger partial charge in [0.05, 0.1) is 12.2 Å². The van der Waals surface area contributed by atoms with Gasteiger partial charge < -0.3 is 9.90 Å². The van der Waals surface area contributed by atoms with E-state index in [-0.39, 0.29) is 7.28 Å². The SMILES string of the molecule is CC(C#CO)NONC(=O)BC=O. The Bertz CT molecular complexity index is 235. The van der Waals surface area contributed by atoms with Gasteiger partial charge in [0.2, 0.25) is 5.81 Å². The molecule has 0 rings (SSSR count). The molecule has 0 aliphatic heterocycles. The summed E-state index contributed by atoms with van der Waals surface area (Å²) in [5, 5.41) is 8.14. The zero-order valence-electron chi connectivity index (χ0n) is 7.03. The van der Waals surface area contributed by atoms with Gasteiger partial charge in [-0.2, -0.15) is 10.4 Å². The van der Waals surface area contributed by atoms with Crippen molar-refractivity contribution in [2.24, 2.45) is 0 Å². The van der Waals surface area contributed by atoms with Crippen LogP contribution >= 0.6 is 0 Å². The summed E-state index contributed by atoms with van der Waals surface area (Å²) >= 11 is 0. The molecular weight excluding hydrogens is 175 g/mol. The fourth-order valence-corrected chi connectivity index (χ4v) is 0.418. The van der Waals surface area contributed by atoms with Crippen molar-refractivity contribution in [1.82, 2.24) is 11.0 Å². The highest BCUT2D eigenvalue weighted by molar-refractivity contribution is 6.92. The minimum Gasteiger partial charge on any atom is -0.462 e. The maximum Gasteiger partial charge on any atom is 0.311 e. The van der Waals surface area contributed by atoms with Crippen LogP contribution in [0.1, 0.15) is 6.92 Å². The molecule has 1 amide bonds. The van der Waals surface area contributed by atoms with E-state index in [2.05, 4.69) is 16.3 Å². The van der Waals surface area contributed by atoms with Gasteiger partial charge in [0.25, 0.3) is 0 Å². The predicted molar refractivity (Wildman–Crippen MR) is 45.8 cm³/mol. The van der Waals surface area contributed by atoms with E-state index in [4.69, 9.17) is 5.11 Å². The van der Waals surface area contributed by atoms with Crippen LogP contribution in [0.3, 0.4) is 0 Å². The molecule has 70 valence electrons. The molecule has 0 aromatic heterocycles. The van der Waals surface area contributed by atoms with Crippen LogP contribution in [0.2, 0.25) is 0 Å². The molecule has 0 aliphatic carbocycles. The quantitative estimate of drug-likeness (QED) is 0.209. The maximum absolute atomic E-state index is 10.6. The van der Waals surface area contributed by atoms with Crippen LogP contribution in [-0.2, 0) is 9.73 Å². The van der Waals surface area contributed by atoms with Gasteiger partial charge in [-0.25, -0.2) is 5.48 Å². The fraction of sp³-hybridized carbons (Fsp3) is 0.333. The molecule has 1 atom stereocenters. The van der Waals surface area contributed by atoms with Crippen molar-refractivity contribution in [2.75, 3.05) is 0 Å². The summed E-state index contributed by atoms with van der Waals surface area (Å²) in [4.78, 5) is 24.9. The Labute approximate surface area is 75.8 Å². The molecule has 6 nitrogen and oxygen atoms in total. The Morgan fingerprint density at radius 2 is 2.46 bits per heavy atom. The van der Waals surface area contributed by atoms with Gasteiger partial charge in [0, 0.05) is 0 Å². The Morgan fingerprint density at radius 1 is 1.77 bits per heavy atom. The zero-order chi connectivity index (χ0) is 10.1. The van der Waals surface area contributed by atoms with Crippen LogP contribution in [0.25, 0.3) is 0 Å². The zero-order valence-corrected chi connectivity index (χ0v) is 7.03. The molecule has 0 aliphatic rings. The van der Waals surface area contributed by atoms with Crippen molar-refractivity contribution < 1.29 is 19.6 Å². The summed E-state index contributed by atoms with van der Waals surface area (Å²) in [6.45, 7) is 1.61.